The van der Waals surface area contributed by atoms with Crippen molar-refractivity contribution in [2.24, 2.45) is 0 Å². The lowest BCUT2D eigenvalue weighted by atomic mass is 9.99. The minimum Gasteiger partial charge on any atom is -0.306 e. The molecule has 0 aromatic rings. The van der Waals surface area contributed by atoms with Gasteiger partial charge in [0.25, 0.3) is 0 Å². The van der Waals surface area contributed by atoms with E-state index in [4.69, 9.17) is 0 Å². The van der Waals surface area contributed by atoms with Crippen LogP contribution in [0.5, 0.6) is 0 Å². The number of hydrogen-bond donors (Lipinski definition) is 0. The third-order valence-corrected chi connectivity index (χ3v) is 6.61. The lowest BCUT2D eigenvalue weighted by Crippen LogP contribution is -2.27. The van der Waals surface area contributed by atoms with Crippen LogP contribution in [0.4, 0.5) is 0 Å². The molecular formula is C30H59N. The van der Waals surface area contributed by atoms with Crippen LogP contribution in [-0.4, -0.2) is 25.0 Å². The Hall–Kier alpha value is -0.560. The van der Waals surface area contributed by atoms with E-state index in [0.717, 1.165) is 12.5 Å². The molecule has 0 aliphatic heterocycles. The predicted molar refractivity (Wildman–Crippen MR) is 144 cm³/mol. The maximum Gasteiger partial charge on any atom is 0.00891 e. The smallest absolute Gasteiger partial charge is 0.00891 e. The van der Waals surface area contributed by atoms with Crippen LogP contribution in [0.25, 0.3) is 0 Å². The molecule has 0 spiro atoms. The zero-order valence-corrected chi connectivity index (χ0v) is 22.2. The highest BCUT2D eigenvalue weighted by molar-refractivity contribution is 4.92. The summed E-state index contributed by atoms with van der Waals surface area (Å²) < 4.78 is 0. The van der Waals surface area contributed by atoms with Gasteiger partial charge in [0.2, 0.25) is 0 Å². The van der Waals surface area contributed by atoms with Crippen molar-refractivity contribution < 1.29 is 0 Å². The molecule has 0 N–H and O–H groups in total. The van der Waals surface area contributed by atoms with Crippen LogP contribution in [0.15, 0.2) is 24.3 Å². The van der Waals surface area contributed by atoms with E-state index in [1.54, 1.807) is 0 Å². The van der Waals surface area contributed by atoms with E-state index >= 15 is 0 Å². The summed E-state index contributed by atoms with van der Waals surface area (Å²) in [5.74, 6) is 0. The zero-order chi connectivity index (χ0) is 22.8. The SMILES string of the molecule is CCCCC/C=C/C/C=C/CCCCCCCCCC(CCCCCCCC)N(C)C. The van der Waals surface area contributed by atoms with Gasteiger partial charge in [-0.05, 0) is 59.0 Å². The van der Waals surface area contributed by atoms with E-state index in [9.17, 15) is 0 Å². The predicted octanol–water partition coefficient (Wildman–Crippen LogP) is 10.3. The van der Waals surface area contributed by atoms with Gasteiger partial charge in [-0.3, -0.25) is 0 Å². The molecule has 1 unspecified atom stereocenters. The van der Waals surface area contributed by atoms with Crippen molar-refractivity contribution >= 4 is 0 Å². The van der Waals surface area contributed by atoms with Crippen LogP contribution >= 0.6 is 0 Å². The molecule has 184 valence electrons. The lowest BCUT2D eigenvalue weighted by molar-refractivity contribution is 0.251. The van der Waals surface area contributed by atoms with Gasteiger partial charge >= 0.3 is 0 Å². The highest BCUT2D eigenvalue weighted by atomic mass is 15.1. The Labute approximate surface area is 198 Å². The Morgan fingerprint density at radius 3 is 1.35 bits per heavy atom. The maximum absolute atomic E-state index is 2.47. The van der Waals surface area contributed by atoms with Crippen LogP contribution in [0.2, 0.25) is 0 Å². The largest absolute Gasteiger partial charge is 0.306 e. The maximum atomic E-state index is 2.47. The molecule has 0 aromatic heterocycles. The van der Waals surface area contributed by atoms with E-state index in [-0.39, 0.29) is 0 Å². The second-order valence-corrected chi connectivity index (χ2v) is 9.90. The van der Waals surface area contributed by atoms with Gasteiger partial charge in [-0.15, -0.1) is 0 Å². The van der Waals surface area contributed by atoms with Gasteiger partial charge in [-0.2, -0.15) is 0 Å². The molecule has 0 aliphatic rings. The first-order chi connectivity index (χ1) is 15.2. The van der Waals surface area contributed by atoms with Gasteiger partial charge < -0.3 is 4.90 Å². The molecule has 1 nitrogen and oxygen atoms in total. The Balaban J connectivity index is 3.45. The standard InChI is InChI=1S/C30H59N/c1-5-7-9-11-13-14-15-16-17-18-19-20-21-22-23-25-27-29-30(31(3)4)28-26-24-12-10-8-6-2/h13-14,16-17,30H,5-12,15,18-29H2,1-4H3/b14-13+,17-16+. The first kappa shape index (κ1) is 30.4. The van der Waals surface area contributed by atoms with Crippen molar-refractivity contribution in [2.45, 2.75) is 155 Å². The number of rotatable bonds is 24. The Morgan fingerprint density at radius 2 is 0.871 bits per heavy atom. The van der Waals surface area contributed by atoms with Crippen molar-refractivity contribution in [3.63, 3.8) is 0 Å². The van der Waals surface area contributed by atoms with Gasteiger partial charge in [0.1, 0.15) is 0 Å². The molecule has 0 amide bonds. The molecular weight excluding hydrogens is 374 g/mol. The van der Waals surface area contributed by atoms with Gasteiger partial charge in [0, 0.05) is 6.04 Å². The highest BCUT2D eigenvalue weighted by Crippen LogP contribution is 2.17. The average Bonchev–Trinajstić information content (AvgIpc) is 2.76. The van der Waals surface area contributed by atoms with Gasteiger partial charge in [-0.1, -0.05) is 128 Å². The van der Waals surface area contributed by atoms with Crippen LogP contribution in [-0.2, 0) is 0 Å². The minimum absolute atomic E-state index is 0.809. The summed E-state index contributed by atoms with van der Waals surface area (Å²) in [6.07, 6.45) is 38.4. The second kappa shape index (κ2) is 25.7. The van der Waals surface area contributed by atoms with Crippen molar-refractivity contribution in [1.82, 2.24) is 4.90 Å². The summed E-state index contributed by atoms with van der Waals surface area (Å²) in [6, 6.07) is 0.809. The zero-order valence-electron chi connectivity index (χ0n) is 22.2. The molecule has 0 aromatic carbocycles. The Kier molecular flexibility index (Phi) is 25.2. The summed E-state index contributed by atoms with van der Waals surface area (Å²) in [5, 5.41) is 0. The van der Waals surface area contributed by atoms with Crippen molar-refractivity contribution in [3.8, 4) is 0 Å². The summed E-state index contributed by atoms with van der Waals surface area (Å²) in [5.41, 5.74) is 0. The van der Waals surface area contributed by atoms with Gasteiger partial charge in [0.15, 0.2) is 0 Å². The average molecular weight is 434 g/mol. The molecule has 1 atom stereocenters. The molecule has 0 saturated carbocycles. The van der Waals surface area contributed by atoms with Crippen LogP contribution in [0.1, 0.15) is 149 Å². The van der Waals surface area contributed by atoms with Crippen molar-refractivity contribution in [2.75, 3.05) is 14.1 Å². The summed E-state index contributed by atoms with van der Waals surface area (Å²) in [4.78, 5) is 2.47. The third-order valence-electron chi connectivity index (χ3n) is 6.61. The normalized spacial score (nSPS) is 13.2. The second-order valence-electron chi connectivity index (χ2n) is 9.90. The molecule has 0 rings (SSSR count). The fourth-order valence-corrected chi connectivity index (χ4v) is 4.37. The molecule has 0 bridgehead atoms. The number of unbranched alkanes of at least 4 members (excludes halogenated alkanes) is 15. The first-order valence-corrected chi connectivity index (χ1v) is 14.2. The number of nitrogens with zero attached hydrogens (tertiary/aromatic N) is 1. The van der Waals surface area contributed by atoms with Crippen molar-refractivity contribution in [1.29, 1.82) is 0 Å². The number of allylic oxidation sites excluding steroid dienone is 4. The van der Waals surface area contributed by atoms with Crippen LogP contribution < -0.4 is 0 Å². The van der Waals surface area contributed by atoms with E-state index in [2.05, 4.69) is 57.1 Å². The molecule has 1 heteroatoms. The van der Waals surface area contributed by atoms with Gasteiger partial charge in [0.05, 0.1) is 0 Å². The van der Waals surface area contributed by atoms with E-state index in [1.165, 1.54) is 128 Å². The summed E-state index contributed by atoms with van der Waals surface area (Å²) >= 11 is 0. The Bertz CT molecular complexity index is 382. The fourth-order valence-electron chi connectivity index (χ4n) is 4.37. The monoisotopic (exact) mass is 433 g/mol. The van der Waals surface area contributed by atoms with Gasteiger partial charge in [-0.25, -0.2) is 0 Å². The summed E-state index contributed by atoms with van der Waals surface area (Å²) in [7, 11) is 4.56. The third kappa shape index (κ3) is 23.9. The van der Waals surface area contributed by atoms with E-state index in [1.807, 2.05) is 0 Å². The quantitative estimate of drug-likeness (QED) is 0.108. The van der Waals surface area contributed by atoms with Crippen molar-refractivity contribution in [3.05, 3.63) is 24.3 Å². The molecule has 0 saturated heterocycles. The van der Waals surface area contributed by atoms with E-state index < -0.39 is 0 Å². The summed E-state index contributed by atoms with van der Waals surface area (Å²) in [6.45, 7) is 4.57. The van der Waals surface area contributed by atoms with E-state index in [0.29, 0.717) is 0 Å². The lowest BCUT2D eigenvalue weighted by Gasteiger charge is -2.24. The highest BCUT2D eigenvalue weighted by Gasteiger charge is 2.10. The first-order valence-electron chi connectivity index (χ1n) is 14.2. The van der Waals surface area contributed by atoms with Crippen LogP contribution in [0, 0.1) is 0 Å². The molecule has 0 heterocycles. The molecule has 31 heavy (non-hydrogen) atoms. The fraction of sp³-hybridized carbons (Fsp3) is 0.867. The minimum atomic E-state index is 0.809. The Morgan fingerprint density at radius 1 is 0.484 bits per heavy atom. The topological polar surface area (TPSA) is 3.24 Å². The van der Waals surface area contributed by atoms with Crippen LogP contribution in [0.3, 0.4) is 0 Å². The molecule has 0 fully saturated rings. The number of hydrogen-bond acceptors (Lipinski definition) is 1. The molecule has 0 aliphatic carbocycles. The molecule has 0 radical (unpaired) electrons.